The SMILES string of the molecule is Cc1cc(C)n(CCN(C(=O)COc2ccc(F)cc2)c2nc3ccccc3s2)n1. The highest BCUT2D eigenvalue weighted by molar-refractivity contribution is 7.22. The van der Waals surface area contributed by atoms with Gasteiger partial charge in [0.05, 0.1) is 22.5 Å². The Morgan fingerprint density at radius 2 is 1.93 bits per heavy atom. The lowest BCUT2D eigenvalue weighted by molar-refractivity contribution is -0.120. The quantitative estimate of drug-likeness (QED) is 0.442. The number of aromatic nitrogens is 3. The van der Waals surface area contributed by atoms with Crippen molar-refractivity contribution in [1.29, 1.82) is 0 Å². The smallest absolute Gasteiger partial charge is 0.266 e. The van der Waals surface area contributed by atoms with E-state index < -0.39 is 0 Å². The number of anilines is 1. The topological polar surface area (TPSA) is 60.2 Å². The molecule has 0 saturated carbocycles. The molecule has 1 amide bonds. The second kappa shape index (κ2) is 8.62. The van der Waals surface area contributed by atoms with Crippen molar-refractivity contribution in [2.75, 3.05) is 18.1 Å². The van der Waals surface area contributed by atoms with Crippen LogP contribution in [0.2, 0.25) is 0 Å². The maximum Gasteiger partial charge on any atom is 0.266 e. The molecule has 0 saturated heterocycles. The van der Waals surface area contributed by atoms with Gasteiger partial charge < -0.3 is 4.74 Å². The summed E-state index contributed by atoms with van der Waals surface area (Å²) in [4.78, 5) is 19.3. The number of para-hydroxylation sites is 1. The van der Waals surface area contributed by atoms with E-state index in [0.29, 0.717) is 24.0 Å². The Kier molecular flexibility index (Phi) is 5.76. The molecule has 2 aromatic carbocycles. The van der Waals surface area contributed by atoms with Crippen LogP contribution in [0.4, 0.5) is 9.52 Å². The Morgan fingerprint density at radius 3 is 2.63 bits per heavy atom. The number of carbonyl (C=O) groups excluding carboxylic acids is 1. The molecule has 0 aliphatic rings. The van der Waals surface area contributed by atoms with Crippen LogP contribution in [-0.4, -0.2) is 33.8 Å². The summed E-state index contributed by atoms with van der Waals surface area (Å²) in [6.45, 7) is 4.71. The molecule has 0 N–H and O–H groups in total. The summed E-state index contributed by atoms with van der Waals surface area (Å²) in [5.41, 5.74) is 2.82. The van der Waals surface area contributed by atoms with Gasteiger partial charge in [0, 0.05) is 12.2 Å². The average Bonchev–Trinajstić information content (AvgIpc) is 3.30. The van der Waals surface area contributed by atoms with Crippen molar-refractivity contribution in [1.82, 2.24) is 14.8 Å². The van der Waals surface area contributed by atoms with E-state index in [9.17, 15) is 9.18 Å². The molecule has 30 heavy (non-hydrogen) atoms. The monoisotopic (exact) mass is 424 g/mol. The number of halogens is 1. The minimum Gasteiger partial charge on any atom is -0.484 e. The summed E-state index contributed by atoms with van der Waals surface area (Å²) in [5, 5.41) is 5.09. The molecule has 2 heterocycles. The van der Waals surface area contributed by atoms with E-state index in [-0.39, 0.29) is 18.3 Å². The van der Waals surface area contributed by atoms with Crippen LogP contribution in [0.25, 0.3) is 10.2 Å². The summed E-state index contributed by atoms with van der Waals surface area (Å²) >= 11 is 1.46. The number of fused-ring (bicyclic) bond motifs is 1. The zero-order valence-corrected chi connectivity index (χ0v) is 17.5. The third kappa shape index (κ3) is 4.49. The Morgan fingerprint density at radius 1 is 1.17 bits per heavy atom. The largest absolute Gasteiger partial charge is 0.484 e. The number of hydrogen-bond donors (Lipinski definition) is 0. The number of hydrogen-bond acceptors (Lipinski definition) is 5. The van der Waals surface area contributed by atoms with Gasteiger partial charge in [0.2, 0.25) is 0 Å². The van der Waals surface area contributed by atoms with E-state index in [4.69, 9.17) is 4.74 Å². The standard InChI is InChI=1S/C22H21FN4O2S/c1-15-13-16(2)27(25-15)12-11-26(22-24-19-5-3-4-6-20(19)30-22)21(28)14-29-18-9-7-17(23)8-10-18/h3-10,13H,11-12,14H2,1-2H3. The maximum atomic E-state index is 13.1. The maximum absolute atomic E-state index is 13.1. The zero-order valence-electron chi connectivity index (χ0n) is 16.7. The molecule has 0 bridgehead atoms. The predicted molar refractivity (Wildman–Crippen MR) is 116 cm³/mol. The van der Waals surface area contributed by atoms with Gasteiger partial charge >= 0.3 is 0 Å². The summed E-state index contributed by atoms with van der Waals surface area (Å²) in [6.07, 6.45) is 0. The normalized spacial score (nSPS) is 11.0. The van der Waals surface area contributed by atoms with Gasteiger partial charge in [-0.1, -0.05) is 23.5 Å². The van der Waals surface area contributed by atoms with Gasteiger partial charge in [-0.25, -0.2) is 9.37 Å². The fraction of sp³-hybridized carbons (Fsp3) is 0.227. The first-order valence-corrected chi connectivity index (χ1v) is 10.4. The molecular formula is C22H21FN4O2S. The van der Waals surface area contributed by atoms with Crippen LogP contribution >= 0.6 is 11.3 Å². The van der Waals surface area contributed by atoms with Gasteiger partial charge in [-0.3, -0.25) is 14.4 Å². The summed E-state index contributed by atoms with van der Waals surface area (Å²) in [7, 11) is 0. The summed E-state index contributed by atoms with van der Waals surface area (Å²) < 4.78 is 21.6. The van der Waals surface area contributed by atoms with Crippen molar-refractivity contribution in [3.8, 4) is 5.75 Å². The zero-order chi connectivity index (χ0) is 21.1. The number of rotatable bonds is 7. The number of carbonyl (C=O) groups is 1. The van der Waals surface area contributed by atoms with Gasteiger partial charge in [-0.15, -0.1) is 0 Å². The summed E-state index contributed by atoms with van der Waals surface area (Å²) in [5.74, 6) is -0.137. The lowest BCUT2D eigenvalue weighted by atomic mass is 10.3. The van der Waals surface area contributed by atoms with E-state index in [0.717, 1.165) is 21.6 Å². The third-order valence-electron chi connectivity index (χ3n) is 4.63. The lowest BCUT2D eigenvalue weighted by Gasteiger charge is -2.20. The van der Waals surface area contributed by atoms with E-state index in [1.807, 2.05) is 48.9 Å². The molecule has 0 aliphatic carbocycles. The Labute approximate surface area is 177 Å². The van der Waals surface area contributed by atoms with Crippen molar-refractivity contribution in [3.63, 3.8) is 0 Å². The predicted octanol–water partition coefficient (Wildman–Crippen LogP) is 4.36. The molecule has 0 radical (unpaired) electrons. The van der Waals surface area contributed by atoms with Crippen molar-refractivity contribution in [2.45, 2.75) is 20.4 Å². The first kappa shape index (κ1) is 20.0. The van der Waals surface area contributed by atoms with Crippen LogP contribution in [0.15, 0.2) is 54.6 Å². The van der Waals surface area contributed by atoms with Gasteiger partial charge in [0.25, 0.3) is 5.91 Å². The average molecular weight is 425 g/mol. The number of ether oxygens (including phenoxy) is 1. The third-order valence-corrected chi connectivity index (χ3v) is 5.69. The number of benzene rings is 2. The molecule has 0 spiro atoms. The van der Waals surface area contributed by atoms with E-state index in [1.165, 1.54) is 35.6 Å². The number of aryl methyl sites for hydroxylation is 2. The van der Waals surface area contributed by atoms with Crippen molar-refractivity contribution < 1.29 is 13.9 Å². The van der Waals surface area contributed by atoms with Gasteiger partial charge in [-0.2, -0.15) is 5.10 Å². The second-order valence-corrected chi connectivity index (χ2v) is 7.91. The van der Waals surface area contributed by atoms with Crippen LogP contribution in [0.1, 0.15) is 11.4 Å². The van der Waals surface area contributed by atoms with E-state index in [2.05, 4.69) is 10.1 Å². The molecule has 0 fully saturated rings. The van der Waals surface area contributed by atoms with Crippen molar-refractivity contribution in [2.24, 2.45) is 0 Å². The molecule has 2 aromatic heterocycles. The minimum absolute atomic E-state index is 0.168. The molecule has 0 unspecified atom stereocenters. The molecule has 4 rings (SSSR count). The first-order chi connectivity index (χ1) is 14.5. The second-order valence-electron chi connectivity index (χ2n) is 6.90. The lowest BCUT2D eigenvalue weighted by Crippen LogP contribution is -2.37. The number of thiazole rings is 1. The minimum atomic E-state index is -0.352. The molecule has 6 nitrogen and oxygen atoms in total. The Hall–Kier alpha value is -3.26. The highest BCUT2D eigenvalue weighted by atomic mass is 32.1. The van der Waals surface area contributed by atoms with Crippen LogP contribution in [-0.2, 0) is 11.3 Å². The van der Waals surface area contributed by atoms with Crippen LogP contribution < -0.4 is 9.64 Å². The van der Waals surface area contributed by atoms with Gasteiger partial charge in [0.1, 0.15) is 11.6 Å². The molecular weight excluding hydrogens is 403 g/mol. The Balaban J connectivity index is 1.54. The fourth-order valence-corrected chi connectivity index (χ4v) is 4.16. The molecule has 0 atom stereocenters. The van der Waals surface area contributed by atoms with Crippen LogP contribution in [0.5, 0.6) is 5.75 Å². The molecule has 4 aromatic rings. The molecule has 0 aliphatic heterocycles. The summed E-state index contributed by atoms with van der Waals surface area (Å²) in [6, 6.07) is 15.4. The molecule has 8 heteroatoms. The van der Waals surface area contributed by atoms with Crippen molar-refractivity contribution >= 4 is 32.6 Å². The van der Waals surface area contributed by atoms with Crippen LogP contribution in [0.3, 0.4) is 0 Å². The molecule has 154 valence electrons. The van der Waals surface area contributed by atoms with Gasteiger partial charge in [-0.05, 0) is 56.3 Å². The van der Waals surface area contributed by atoms with Gasteiger partial charge in [0.15, 0.2) is 11.7 Å². The van der Waals surface area contributed by atoms with E-state index >= 15 is 0 Å². The number of nitrogens with zero attached hydrogens (tertiary/aromatic N) is 4. The number of amides is 1. The van der Waals surface area contributed by atoms with E-state index in [1.54, 1.807) is 4.90 Å². The highest BCUT2D eigenvalue weighted by Crippen LogP contribution is 2.29. The fourth-order valence-electron chi connectivity index (χ4n) is 3.15. The van der Waals surface area contributed by atoms with Crippen molar-refractivity contribution in [3.05, 3.63) is 71.8 Å². The first-order valence-electron chi connectivity index (χ1n) is 9.55. The Bertz CT molecular complexity index is 1140. The van der Waals surface area contributed by atoms with Crippen LogP contribution in [0, 0.1) is 19.7 Å². The highest BCUT2D eigenvalue weighted by Gasteiger charge is 2.21.